The Labute approximate surface area is 239 Å². The Morgan fingerprint density at radius 1 is 1.03 bits per heavy atom. The third-order valence-corrected chi connectivity index (χ3v) is 8.50. The van der Waals surface area contributed by atoms with Gasteiger partial charge < -0.3 is 4.74 Å². The number of amides is 1. The number of aromatic nitrogens is 2. The summed E-state index contributed by atoms with van der Waals surface area (Å²) in [7, 11) is -4.11. The Morgan fingerprint density at radius 2 is 1.66 bits per heavy atom. The largest absolute Gasteiger partial charge is 0.494 e. The first-order valence-corrected chi connectivity index (χ1v) is 14.6. The number of nitrogens with one attached hydrogen (secondary N) is 1. The molecular formula is C27H24BrCl2N3O4S. The summed E-state index contributed by atoms with van der Waals surface area (Å²) in [6.45, 7) is 4.21. The van der Waals surface area contributed by atoms with Crippen LogP contribution in [-0.4, -0.2) is 30.7 Å². The van der Waals surface area contributed by atoms with Crippen molar-refractivity contribution in [1.82, 2.24) is 14.5 Å². The van der Waals surface area contributed by atoms with Crippen LogP contribution in [0.15, 0.2) is 76.2 Å². The van der Waals surface area contributed by atoms with Crippen LogP contribution in [0.2, 0.25) is 10.0 Å². The second-order valence-corrected chi connectivity index (χ2v) is 12.0. The average Bonchev–Trinajstić information content (AvgIpc) is 3.29. The minimum Gasteiger partial charge on any atom is -0.494 e. The molecule has 0 unspecified atom stereocenters. The van der Waals surface area contributed by atoms with E-state index in [4.69, 9.17) is 27.9 Å². The van der Waals surface area contributed by atoms with Crippen LogP contribution in [0.25, 0.3) is 5.69 Å². The van der Waals surface area contributed by atoms with E-state index in [0.717, 1.165) is 21.3 Å². The van der Waals surface area contributed by atoms with Crippen LogP contribution >= 0.6 is 39.1 Å². The Kier molecular flexibility index (Phi) is 8.82. The van der Waals surface area contributed by atoms with Gasteiger partial charge in [0.2, 0.25) is 0 Å². The van der Waals surface area contributed by atoms with Crippen molar-refractivity contribution < 1.29 is 17.9 Å². The summed E-state index contributed by atoms with van der Waals surface area (Å²) in [6.07, 6.45) is 2.33. The van der Waals surface area contributed by atoms with E-state index in [1.807, 2.05) is 50.2 Å². The molecule has 0 aliphatic heterocycles. The highest BCUT2D eigenvalue weighted by atomic mass is 79.9. The van der Waals surface area contributed by atoms with Gasteiger partial charge in [0, 0.05) is 14.5 Å². The molecule has 1 N–H and O–H groups in total. The second-order valence-electron chi connectivity index (χ2n) is 8.60. The number of rotatable bonds is 9. The van der Waals surface area contributed by atoms with Gasteiger partial charge in [-0.3, -0.25) is 4.79 Å². The van der Waals surface area contributed by atoms with E-state index in [2.05, 4.69) is 25.8 Å². The van der Waals surface area contributed by atoms with Gasteiger partial charge in [-0.2, -0.15) is 5.10 Å². The summed E-state index contributed by atoms with van der Waals surface area (Å²) in [4.78, 5) is 13.1. The Bertz CT molecular complexity index is 1550. The van der Waals surface area contributed by atoms with Gasteiger partial charge in [0.25, 0.3) is 15.9 Å². The predicted octanol–water partition coefficient (Wildman–Crippen LogP) is 6.69. The molecule has 7 nitrogen and oxygen atoms in total. The number of carbonyl (C=O) groups excluding carboxylic acids is 1. The van der Waals surface area contributed by atoms with E-state index in [-0.39, 0.29) is 10.5 Å². The number of sulfonamides is 1. The molecule has 0 saturated carbocycles. The molecule has 4 aromatic rings. The quantitative estimate of drug-likeness (QED) is 0.207. The van der Waals surface area contributed by atoms with E-state index in [1.54, 1.807) is 4.68 Å². The molecule has 0 bridgehead atoms. The zero-order valence-corrected chi connectivity index (χ0v) is 24.5. The normalized spacial score (nSPS) is 11.4. The summed E-state index contributed by atoms with van der Waals surface area (Å²) >= 11 is 15.5. The van der Waals surface area contributed by atoms with Crippen molar-refractivity contribution in [3.05, 3.63) is 104 Å². The molecular weight excluding hydrogens is 613 g/mol. The number of hydrogen-bond donors (Lipinski definition) is 1. The van der Waals surface area contributed by atoms with Crippen molar-refractivity contribution in [2.75, 3.05) is 6.61 Å². The van der Waals surface area contributed by atoms with Gasteiger partial charge in [-0.05, 0) is 98.5 Å². The molecule has 0 atom stereocenters. The zero-order chi connectivity index (χ0) is 27.4. The molecule has 0 aliphatic rings. The standard InChI is InChI=1S/C27H24BrCl2N3O4S/c1-17-14-22(15-18(2)26(17)30)37-13-3-4-25-24(16-31-33(25)21-9-5-19(28)6-10-21)27(34)32-38(35,36)23-11-7-20(29)8-12-23/h5-12,14-16H,3-4,13H2,1-2H3,(H,32,34). The van der Waals surface area contributed by atoms with Gasteiger partial charge in [-0.1, -0.05) is 39.1 Å². The summed E-state index contributed by atoms with van der Waals surface area (Å²) in [6, 6.07) is 16.7. The minimum absolute atomic E-state index is 0.0703. The topological polar surface area (TPSA) is 90.3 Å². The first-order chi connectivity index (χ1) is 18.0. The Hall–Kier alpha value is -2.85. The monoisotopic (exact) mass is 635 g/mol. The predicted molar refractivity (Wildman–Crippen MR) is 152 cm³/mol. The number of nitrogens with zero attached hydrogens (tertiary/aromatic N) is 2. The molecule has 198 valence electrons. The number of aryl methyl sites for hydroxylation is 2. The van der Waals surface area contributed by atoms with E-state index in [0.29, 0.717) is 40.9 Å². The highest BCUT2D eigenvalue weighted by Gasteiger charge is 2.24. The minimum atomic E-state index is -4.11. The summed E-state index contributed by atoms with van der Waals surface area (Å²) in [5, 5.41) is 5.49. The molecule has 0 radical (unpaired) electrons. The van der Waals surface area contributed by atoms with Crippen molar-refractivity contribution in [1.29, 1.82) is 0 Å². The molecule has 0 fully saturated rings. The summed E-state index contributed by atoms with van der Waals surface area (Å²) in [5.41, 5.74) is 3.30. The van der Waals surface area contributed by atoms with Gasteiger partial charge >= 0.3 is 0 Å². The van der Waals surface area contributed by atoms with E-state index in [1.165, 1.54) is 30.5 Å². The fourth-order valence-corrected chi connectivity index (χ4v) is 5.34. The molecule has 0 spiro atoms. The lowest BCUT2D eigenvalue weighted by Gasteiger charge is -2.12. The molecule has 38 heavy (non-hydrogen) atoms. The van der Waals surface area contributed by atoms with E-state index in [9.17, 15) is 13.2 Å². The van der Waals surface area contributed by atoms with Gasteiger partial charge in [0.05, 0.1) is 34.6 Å². The SMILES string of the molecule is Cc1cc(OCCCc2c(C(=O)NS(=O)(=O)c3ccc(Cl)cc3)cnn2-c2ccc(Br)cc2)cc(C)c1Cl. The van der Waals surface area contributed by atoms with Crippen LogP contribution in [0.1, 0.15) is 33.6 Å². The van der Waals surface area contributed by atoms with Crippen molar-refractivity contribution in [2.24, 2.45) is 0 Å². The van der Waals surface area contributed by atoms with E-state index >= 15 is 0 Å². The van der Waals surface area contributed by atoms with Crippen LogP contribution in [-0.2, 0) is 16.4 Å². The highest BCUT2D eigenvalue weighted by Crippen LogP contribution is 2.26. The fraction of sp³-hybridized carbons (Fsp3) is 0.185. The fourth-order valence-electron chi connectivity index (χ4n) is 3.88. The van der Waals surface area contributed by atoms with Crippen molar-refractivity contribution in [2.45, 2.75) is 31.6 Å². The number of benzene rings is 3. The molecule has 0 saturated heterocycles. The lowest BCUT2D eigenvalue weighted by Crippen LogP contribution is -2.31. The van der Waals surface area contributed by atoms with Crippen molar-refractivity contribution >= 4 is 55.1 Å². The maximum Gasteiger partial charge on any atom is 0.268 e. The van der Waals surface area contributed by atoms with Gasteiger partial charge in [-0.15, -0.1) is 0 Å². The van der Waals surface area contributed by atoms with Crippen molar-refractivity contribution in [3.8, 4) is 11.4 Å². The number of halogens is 3. The van der Waals surface area contributed by atoms with E-state index < -0.39 is 15.9 Å². The maximum absolute atomic E-state index is 13.2. The third kappa shape index (κ3) is 6.58. The van der Waals surface area contributed by atoms with Crippen LogP contribution in [0.5, 0.6) is 5.75 Å². The zero-order valence-electron chi connectivity index (χ0n) is 20.5. The van der Waals surface area contributed by atoms with Crippen molar-refractivity contribution in [3.63, 3.8) is 0 Å². The smallest absolute Gasteiger partial charge is 0.268 e. The maximum atomic E-state index is 13.2. The van der Waals surface area contributed by atoms with Gasteiger partial charge in [0.15, 0.2) is 0 Å². The van der Waals surface area contributed by atoms with Gasteiger partial charge in [-0.25, -0.2) is 17.8 Å². The molecule has 4 rings (SSSR count). The first-order valence-electron chi connectivity index (χ1n) is 11.6. The molecule has 3 aromatic carbocycles. The Morgan fingerprint density at radius 3 is 2.29 bits per heavy atom. The second kappa shape index (κ2) is 11.9. The molecule has 1 amide bonds. The number of carbonyl (C=O) groups is 1. The van der Waals surface area contributed by atoms with Crippen LogP contribution in [0.3, 0.4) is 0 Å². The molecule has 11 heteroatoms. The molecule has 1 aromatic heterocycles. The van der Waals surface area contributed by atoms with Crippen LogP contribution < -0.4 is 9.46 Å². The summed E-state index contributed by atoms with van der Waals surface area (Å²) < 4.78 is 36.2. The lowest BCUT2D eigenvalue weighted by atomic mass is 10.1. The summed E-state index contributed by atoms with van der Waals surface area (Å²) in [5.74, 6) is -0.0685. The molecule has 1 heterocycles. The number of ether oxygens (including phenoxy) is 1. The lowest BCUT2D eigenvalue weighted by molar-refractivity contribution is 0.0980. The van der Waals surface area contributed by atoms with Crippen LogP contribution in [0, 0.1) is 13.8 Å². The van der Waals surface area contributed by atoms with Gasteiger partial charge in [0.1, 0.15) is 5.75 Å². The Balaban J connectivity index is 1.56. The average molecular weight is 637 g/mol. The third-order valence-electron chi connectivity index (χ3n) is 5.77. The first kappa shape index (κ1) is 28.2. The number of hydrogen-bond acceptors (Lipinski definition) is 5. The van der Waals surface area contributed by atoms with Crippen LogP contribution in [0.4, 0.5) is 0 Å². The highest BCUT2D eigenvalue weighted by molar-refractivity contribution is 9.10. The molecule has 0 aliphatic carbocycles.